The normalized spacial score (nSPS) is 28.9. The highest BCUT2D eigenvalue weighted by Gasteiger charge is 2.29. The molecule has 0 aromatic heterocycles. The van der Waals surface area contributed by atoms with Gasteiger partial charge in [0.25, 0.3) is 0 Å². The van der Waals surface area contributed by atoms with E-state index in [1.54, 1.807) is 4.90 Å². The van der Waals surface area contributed by atoms with E-state index in [4.69, 9.17) is 4.74 Å². The Morgan fingerprint density at radius 3 is 2.83 bits per heavy atom. The predicted octanol–water partition coefficient (Wildman–Crippen LogP) is 0.552. The Balaban J connectivity index is 2.51. The van der Waals surface area contributed by atoms with Crippen LogP contribution in [-0.2, 0) is 9.53 Å². The summed E-state index contributed by atoms with van der Waals surface area (Å²) in [6.45, 7) is 2.76. The van der Waals surface area contributed by atoms with Gasteiger partial charge in [0.05, 0.1) is 17.9 Å². The zero-order chi connectivity index (χ0) is 9.14. The summed E-state index contributed by atoms with van der Waals surface area (Å²) in [5, 5.41) is 0. The van der Waals surface area contributed by atoms with Crippen LogP contribution in [0.5, 0.6) is 0 Å². The fourth-order valence-corrected chi connectivity index (χ4v) is 1.75. The van der Waals surface area contributed by atoms with E-state index in [0.717, 1.165) is 13.0 Å². The molecule has 0 aromatic rings. The van der Waals surface area contributed by atoms with E-state index in [2.05, 4.69) is 12.6 Å². The summed E-state index contributed by atoms with van der Waals surface area (Å²) >= 11 is 3.95. The second kappa shape index (κ2) is 4.14. The summed E-state index contributed by atoms with van der Waals surface area (Å²) < 4.78 is 5.36. The van der Waals surface area contributed by atoms with Crippen LogP contribution in [0.3, 0.4) is 0 Å². The molecule has 0 radical (unpaired) electrons. The lowest BCUT2D eigenvalue weighted by molar-refractivity contribution is -0.130. The number of hydrogen-bond donors (Lipinski definition) is 1. The number of likely N-dealkylation sites (N-methyl/N-ethyl adjacent to an activating group) is 1. The van der Waals surface area contributed by atoms with E-state index in [1.807, 2.05) is 14.0 Å². The maximum Gasteiger partial charge on any atom is 0.232 e. The van der Waals surface area contributed by atoms with Gasteiger partial charge in [-0.2, -0.15) is 12.6 Å². The van der Waals surface area contributed by atoms with Gasteiger partial charge in [-0.05, 0) is 13.3 Å². The van der Waals surface area contributed by atoms with Crippen molar-refractivity contribution in [3.8, 4) is 0 Å². The van der Waals surface area contributed by atoms with Crippen molar-refractivity contribution < 1.29 is 9.53 Å². The highest BCUT2D eigenvalue weighted by Crippen LogP contribution is 2.18. The number of carbonyl (C=O) groups excluding carboxylic acids is 1. The van der Waals surface area contributed by atoms with Gasteiger partial charge in [-0.25, -0.2) is 0 Å². The van der Waals surface area contributed by atoms with Crippen LogP contribution in [0, 0.1) is 0 Å². The quantitative estimate of drug-likeness (QED) is 0.643. The van der Waals surface area contributed by atoms with Crippen LogP contribution in [0.15, 0.2) is 0 Å². The smallest absolute Gasteiger partial charge is 0.232 e. The van der Waals surface area contributed by atoms with E-state index < -0.39 is 0 Å². The lowest BCUT2D eigenvalue weighted by atomic mass is 10.1. The minimum absolute atomic E-state index is 0.0701. The van der Waals surface area contributed by atoms with Gasteiger partial charge >= 0.3 is 0 Å². The van der Waals surface area contributed by atoms with E-state index >= 15 is 0 Å². The van der Waals surface area contributed by atoms with Crippen molar-refractivity contribution in [1.29, 1.82) is 0 Å². The van der Waals surface area contributed by atoms with Gasteiger partial charge in [0.15, 0.2) is 0 Å². The molecule has 1 aliphatic heterocycles. The molecule has 0 saturated carbocycles. The average Bonchev–Trinajstić information content (AvgIpc) is 2.48. The molecule has 2 unspecified atom stereocenters. The SMILES string of the molecule is CC1OCCC1N(C)C(=O)CS. The second-order valence-electron chi connectivity index (χ2n) is 3.09. The van der Waals surface area contributed by atoms with Crippen LogP contribution in [0.25, 0.3) is 0 Å². The Kier molecular flexibility index (Phi) is 3.40. The summed E-state index contributed by atoms with van der Waals surface area (Å²) in [4.78, 5) is 13.0. The Labute approximate surface area is 78.5 Å². The van der Waals surface area contributed by atoms with Crippen LogP contribution in [-0.4, -0.2) is 42.4 Å². The largest absolute Gasteiger partial charge is 0.376 e. The van der Waals surface area contributed by atoms with Crippen LogP contribution in [0.1, 0.15) is 13.3 Å². The summed E-state index contributed by atoms with van der Waals surface area (Å²) in [5.74, 6) is 0.348. The number of ether oxygens (including phenoxy) is 1. The fraction of sp³-hybridized carbons (Fsp3) is 0.875. The van der Waals surface area contributed by atoms with Crippen molar-refractivity contribution in [2.45, 2.75) is 25.5 Å². The lowest BCUT2D eigenvalue weighted by Crippen LogP contribution is -2.41. The van der Waals surface area contributed by atoms with Crippen LogP contribution >= 0.6 is 12.6 Å². The van der Waals surface area contributed by atoms with E-state index in [9.17, 15) is 4.79 Å². The summed E-state index contributed by atoms with van der Waals surface area (Å²) in [6, 6.07) is 0.240. The molecule has 0 bridgehead atoms. The van der Waals surface area contributed by atoms with Crippen LogP contribution in [0.4, 0.5) is 0 Å². The Hall–Kier alpha value is -0.220. The molecule has 0 spiro atoms. The molecule has 4 heteroatoms. The zero-order valence-corrected chi connectivity index (χ0v) is 8.38. The first-order valence-corrected chi connectivity index (χ1v) is 4.78. The van der Waals surface area contributed by atoms with Crippen molar-refractivity contribution in [3.63, 3.8) is 0 Å². The number of hydrogen-bond acceptors (Lipinski definition) is 3. The monoisotopic (exact) mass is 189 g/mol. The predicted molar refractivity (Wildman–Crippen MR) is 50.4 cm³/mol. The second-order valence-corrected chi connectivity index (χ2v) is 3.41. The molecule has 70 valence electrons. The molecule has 0 aromatic carbocycles. The van der Waals surface area contributed by atoms with E-state index in [0.29, 0.717) is 0 Å². The van der Waals surface area contributed by atoms with Crippen molar-refractivity contribution >= 4 is 18.5 Å². The first-order chi connectivity index (χ1) is 5.66. The highest BCUT2D eigenvalue weighted by atomic mass is 32.1. The van der Waals surface area contributed by atoms with Gasteiger partial charge < -0.3 is 9.64 Å². The topological polar surface area (TPSA) is 29.5 Å². The summed E-state index contributed by atoms with van der Waals surface area (Å²) in [7, 11) is 1.81. The molecule has 1 saturated heterocycles. The third kappa shape index (κ3) is 1.93. The molecule has 1 amide bonds. The third-order valence-corrected chi connectivity index (χ3v) is 2.63. The van der Waals surface area contributed by atoms with Gasteiger partial charge in [-0.3, -0.25) is 4.79 Å². The first-order valence-electron chi connectivity index (χ1n) is 4.15. The van der Waals surface area contributed by atoms with Crippen LogP contribution < -0.4 is 0 Å². The van der Waals surface area contributed by atoms with Gasteiger partial charge in [-0.1, -0.05) is 0 Å². The van der Waals surface area contributed by atoms with Gasteiger partial charge in [0.2, 0.25) is 5.91 Å². The highest BCUT2D eigenvalue weighted by molar-refractivity contribution is 7.81. The van der Waals surface area contributed by atoms with Gasteiger partial charge in [0, 0.05) is 13.7 Å². The van der Waals surface area contributed by atoms with E-state index in [-0.39, 0.29) is 23.8 Å². The number of thiol groups is 1. The van der Waals surface area contributed by atoms with Crippen molar-refractivity contribution in [2.75, 3.05) is 19.4 Å². The van der Waals surface area contributed by atoms with Crippen molar-refractivity contribution in [3.05, 3.63) is 0 Å². The Morgan fingerprint density at radius 1 is 1.75 bits per heavy atom. The molecule has 1 rings (SSSR count). The molecule has 0 N–H and O–H groups in total. The number of rotatable bonds is 2. The maximum atomic E-state index is 11.2. The molecule has 1 fully saturated rings. The van der Waals surface area contributed by atoms with Gasteiger partial charge in [-0.15, -0.1) is 0 Å². The van der Waals surface area contributed by atoms with Crippen LogP contribution in [0.2, 0.25) is 0 Å². The molecular weight excluding hydrogens is 174 g/mol. The third-order valence-electron chi connectivity index (χ3n) is 2.36. The molecular formula is C8H15NO2S. The zero-order valence-electron chi connectivity index (χ0n) is 7.49. The molecule has 1 aliphatic rings. The molecule has 0 aliphatic carbocycles. The molecule has 2 atom stereocenters. The summed E-state index contributed by atoms with van der Waals surface area (Å²) in [5.41, 5.74) is 0. The standard InChI is InChI=1S/C8H15NO2S/c1-6-7(3-4-11-6)9(2)8(10)5-12/h6-7,12H,3-5H2,1-2H3. The number of carbonyl (C=O) groups is 1. The van der Waals surface area contributed by atoms with Crippen molar-refractivity contribution in [2.24, 2.45) is 0 Å². The molecule has 12 heavy (non-hydrogen) atoms. The first kappa shape index (κ1) is 9.86. The molecule has 3 nitrogen and oxygen atoms in total. The Morgan fingerprint density at radius 2 is 2.42 bits per heavy atom. The van der Waals surface area contributed by atoms with E-state index in [1.165, 1.54) is 0 Å². The number of amides is 1. The minimum atomic E-state index is 0.0701. The fourth-order valence-electron chi connectivity index (χ4n) is 1.53. The lowest BCUT2D eigenvalue weighted by Gasteiger charge is -2.26. The minimum Gasteiger partial charge on any atom is -0.376 e. The summed E-state index contributed by atoms with van der Waals surface area (Å²) in [6.07, 6.45) is 1.11. The maximum absolute atomic E-state index is 11.2. The average molecular weight is 189 g/mol. The number of nitrogens with zero attached hydrogens (tertiary/aromatic N) is 1. The van der Waals surface area contributed by atoms with Gasteiger partial charge in [0.1, 0.15) is 0 Å². The molecule has 1 heterocycles. The Bertz CT molecular complexity index is 174. The van der Waals surface area contributed by atoms with Crippen molar-refractivity contribution in [1.82, 2.24) is 4.90 Å².